The van der Waals surface area contributed by atoms with Crippen molar-refractivity contribution in [3.05, 3.63) is 35.4 Å². The number of hydrogen-bond donors (Lipinski definition) is 2. The van der Waals surface area contributed by atoms with Crippen molar-refractivity contribution < 1.29 is 18.0 Å². The number of carbonyl (C=O) groups is 1. The van der Waals surface area contributed by atoms with E-state index in [4.69, 9.17) is 5.73 Å². The molecule has 2 heterocycles. The summed E-state index contributed by atoms with van der Waals surface area (Å²) >= 11 is 0. The topological polar surface area (TPSA) is 111 Å². The van der Waals surface area contributed by atoms with Gasteiger partial charge in [0.15, 0.2) is 11.6 Å². The highest BCUT2D eigenvalue weighted by Gasteiger charge is 2.35. The van der Waals surface area contributed by atoms with Gasteiger partial charge in [-0.05, 0) is 31.0 Å². The molecule has 2 aromatic rings. The minimum absolute atomic E-state index is 0.0402. The largest absolute Gasteiger partial charge is 0.416 e. The van der Waals surface area contributed by atoms with Gasteiger partial charge in [0, 0.05) is 26.3 Å². The van der Waals surface area contributed by atoms with Crippen LogP contribution in [0.3, 0.4) is 0 Å². The molecule has 30 heavy (non-hydrogen) atoms. The van der Waals surface area contributed by atoms with E-state index < -0.39 is 23.7 Å². The minimum Gasteiger partial charge on any atom is -0.368 e. The molecule has 1 aromatic heterocycles. The van der Waals surface area contributed by atoms with Gasteiger partial charge >= 0.3 is 6.18 Å². The van der Waals surface area contributed by atoms with Crippen LogP contribution in [0.1, 0.15) is 24.0 Å². The summed E-state index contributed by atoms with van der Waals surface area (Å²) in [6.45, 7) is 0.443. The molecule has 0 saturated carbocycles. The summed E-state index contributed by atoms with van der Waals surface area (Å²) in [7, 11) is 3.41. The number of nitriles is 1. The van der Waals surface area contributed by atoms with Crippen molar-refractivity contribution in [3.8, 4) is 6.07 Å². The average molecular weight is 419 g/mol. The Morgan fingerprint density at radius 1 is 1.37 bits per heavy atom. The number of nitrogens with one attached hydrogen (secondary N) is 1. The molecule has 1 aromatic carbocycles. The third-order valence-corrected chi connectivity index (χ3v) is 4.71. The number of nitrogens with zero attached hydrogens (tertiary/aromatic N) is 5. The predicted octanol–water partition coefficient (Wildman–Crippen LogP) is 2.62. The fourth-order valence-electron chi connectivity index (χ4n) is 3.38. The van der Waals surface area contributed by atoms with E-state index in [9.17, 15) is 23.2 Å². The zero-order valence-corrected chi connectivity index (χ0v) is 16.4. The Kier molecular flexibility index (Phi) is 5.69. The Bertz CT molecular complexity index is 1000. The van der Waals surface area contributed by atoms with Gasteiger partial charge in [-0.2, -0.15) is 28.4 Å². The van der Waals surface area contributed by atoms with Gasteiger partial charge in [0.1, 0.15) is 17.7 Å². The number of nitrogens with two attached hydrogens (primary N) is 1. The highest BCUT2D eigenvalue weighted by Crippen LogP contribution is 2.33. The first-order valence-electron chi connectivity index (χ1n) is 9.11. The number of benzene rings is 1. The number of anilines is 4. The lowest BCUT2D eigenvalue weighted by Gasteiger charge is -2.27. The van der Waals surface area contributed by atoms with Crippen molar-refractivity contribution in [1.29, 1.82) is 5.26 Å². The standard InChI is InChI=1S/C19H20F3N7O/c1-28(2)15-13(10-23)16(27-18(24)26-15)29-8-4-7-14(29)17(30)25-12-6-3-5-11(9-12)19(20,21)22/h3,5-6,9,14H,4,7-8H2,1-2H3,(H,25,30)(H2,24,26,27)/t14-/m0/s1. The Morgan fingerprint density at radius 2 is 2.10 bits per heavy atom. The van der Waals surface area contributed by atoms with Gasteiger partial charge in [0.2, 0.25) is 11.9 Å². The van der Waals surface area contributed by atoms with Gasteiger partial charge in [-0.25, -0.2) is 0 Å². The van der Waals surface area contributed by atoms with Crippen molar-refractivity contribution in [2.45, 2.75) is 25.1 Å². The van der Waals surface area contributed by atoms with E-state index in [0.29, 0.717) is 25.2 Å². The molecule has 1 fully saturated rings. The molecule has 3 N–H and O–H groups in total. The summed E-state index contributed by atoms with van der Waals surface area (Å²) in [5.41, 5.74) is 5.16. The Hall–Kier alpha value is -3.55. The molecule has 0 radical (unpaired) electrons. The van der Waals surface area contributed by atoms with Crippen molar-refractivity contribution in [1.82, 2.24) is 9.97 Å². The quantitative estimate of drug-likeness (QED) is 0.784. The Labute approximate surface area is 171 Å². The average Bonchev–Trinajstić information content (AvgIpc) is 3.16. The number of carbonyl (C=O) groups excluding carboxylic acids is 1. The normalized spacial score (nSPS) is 16.3. The number of aromatic nitrogens is 2. The van der Waals surface area contributed by atoms with Crippen LogP contribution in [0.15, 0.2) is 24.3 Å². The lowest BCUT2D eigenvalue weighted by Crippen LogP contribution is -2.41. The molecule has 11 heteroatoms. The summed E-state index contributed by atoms with van der Waals surface area (Å²) in [4.78, 5) is 24.4. The zero-order chi connectivity index (χ0) is 22.1. The maximum atomic E-state index is 12.9. The van der Waals surface area contributed by atoms with Gasteiger partial charge < -0.3 is 20.9 Å². The number of amides is 1. The van der Waals surface area contributed by atoms with Crippen molar-refractivity contribution in [2.75, 3.05) is 41.5 Å². The fraction of sp³-hybridized carbons (Fsp3) is 0.368. The number of hydrogen-bond acceptors (Lipinski definition) is 7. The third kappa shape index (κ3) is 4.22. The summed E-state index contributed by atoms with van der Waals surface area (Å²) < 4.78 is 38.8. The number of alkyl halides is 3. The highest BCUT2D eigenvalue weighted by molar-refractivity contribution is 5.97. The minimum atomic E-state index is -4.51. The van der Waals surface area contributed by atoms with Gasteiger partial charge in [-0.1, -0.05) is 6.07 Å². The van der Waals surface area contributed by atoms with Gasteiger partial charge in [0.25, 0.3) is 0 Å². The molecular formula is C19H20F3N7O. The molecule has 0 bridgehead atoms. The molecule has 1 saturated heterocycles. The first kappa shape index (κ1) is 21.2. The molecule has 8 nitrogen and oxygen atoms in total. The van der Waals surface area contributed by atoms with E-state index in [1.54, 1.807) is 23.9 Å². The zero-order valence-electron chi connectivity index (χ0n) is 16.4. The monoisotopic (exact) mass is 419 g/mol. The van der Waals surface area contributed by atoms with Gasteiger partial charge in [-0.3, -0.25) is 4.79 Å². The number of nitrogen functional groups attached to an aromatic ring is 1. The molecule has 0 spiro atoms. The highest BCUT2D eigenvalue weighted by atomic mass is 19.4. The summed E-state index contributed by atoms with van der Waals surface area (Å²) in [5.74, 6) is 0.0234. The van der Waals surface area contributed by atoms with E-state index in [0.717, 1.165) is 12.1 Å². The number of rotatable bonds is 4. The molecule has 1 amide bonds. The van der Waals surface area contributed by atoms with Crippen LogP contribution in [0.4, 0.5) is 36.4 Å². The molecule has 0 aliphatic carbocycles. The van der Waals surface area contributed by atoms with Crippen LogP contribution in [0.25, 0.3) is 0 Å². The van der Waals surface area contributed by atoms with Gasteiger partial charge in [0.05, 0.1) is 5.56 Å². The predicted molar refractivity (Wildman–Crippen MR) is 106 cm³/mol. The maximum Gasteiger partial charge on any atom is 0.416 e. The molecule has 0 unspecified atom stereocenters. The van der Waals surface area contributed by atoms with Crippen LogP contribution in [0, 0.1) is 11.3 Å². The van der Waals surface area contributed by atoms with E-state index >= 15 is 0 Å². The molecule has 1 atom stereocenters. The van der Waals surface area contributed by atoms with Crippen LogP contribution in [0.2, 0.25) is 0 Å². The first-order chi connectivity index (χ1) is 14.1. The molecule has 3 rings (SSSR count). The van der Waals surface area contributed by atoms with Crippen LogP contribution >= 0.6 is 0 Å². The summed E-state index contributed by atoms with van der Waals surface area (Å²) in [6, 6.07) is 5.78. The molecule has 1 aliphatic heterocycles. The van der Waals surface area contributed by atoms with Gasteiger partial charge in [-0.15, -0.1) is 0 Å². The van der Waals surface area contributed by atoms with E-state index in [1.165, 1.54) is 12.1 Å². The molecular weight excluding hydrogens is 399 g/mol. The van der Waals surface area contributed by atoms with Crippen LogP contribution in [-0.2, 0) is 11.0 Å². The molecule has 1 aliphatic rings. The van der Waals surface area contributed by atoms with Crippen molar-refractivity contribution in [2.24, 2.45) is 0 Å². The second-order valence-corrected chi connectivity index (χ2v) is 7.03. The third-order valence-electron chi connectivity index (χ3n) is 4.71. The smallest absolute Gasteiger partial charge is 0.368 e. The SMILES string of the molecule is CN(C)c1nc(N)nc(N2CCC[C@H]2C(=O)Nc2cccc(C(F)(F)F)c2)c1C#N. The maximum absolute atomic E-state index is 12.9. The first-order valence-corrected chi connectivity index (χ1v) is 9.11. The van der Waals surface area contributed by atoms with Crippen LogP contribution in [0.5, 0.6) is 0 Å². The lowest BCUT2D eigenvalue weighted by molar-refractivity contribution is -0.137. The summed E-state index contributed by atoms with van der Waals surface area (Å²) in [5, 5.41) is 12.2. The van der Waals surface area contributed by atoms with Crippen molar-refractivity contribution in [3.63, 3.8) is 0 Å². The Balaban J connectivity index is 1.90. The number of halogens is 3. The second-order valence-electron chi connectivity index (χ2n) is 7.03. The second kappa shape index (κ2) is 8.06. The lowest BCUT2D eigenvalue weighted by atomic mass is 10.1. The van der Waals surface area contributed by atoms with E-state index in [1.807, 2.05) is 0 Å². The van der Waals surface area contributed by atoms with Crippen LogP contribution in [-0.4, -0.2) is 42.6 Å². The van der Waals surface area contributed by atoms with Crippen molar-refractivity contribution >= 4 is 29.2 Å². The van der Waals surface area contributed by atoms with Crippen LogP contribution < -0.4 is 20.9 Å². The Morgan fingerprint density at radius 3 is 2.73 bits per heavy atom. The van der Waals surface area contributed by atoms with E-state index in [-0.39, 0.29) is 23.0 Å². The fourth-order valence-corrected chi connectivity index (χ4v) is 3.38. The summed E-state index contributed by atoms with van der Waals surface area (Å²) in [6.07, 6.45) is -3.41. The molecule has 158 valence electrons. The van der Waals surface area contributed by atoms with E-state index in [2.05, 4.69) is 21.4 Å².